The van der Waals surface area contributed by atoms with E-state index in [0.717, 1.165) is 17.1 Å². The molecule has 0 aliphatic carbocycles. The van der Waals surface area contributed by atoms with Gasteiger partial charge in [0, 0.05) is 5.70 Å². The van der Waals surface area contributed by atoms with E-state index in [2.05, 4.69) is 22.2 Å². The minimum Gasteiger partial charge on any atom is -0.347 e. The van der Waals surface area contributed by atoms with Crippen LogP contribution in [0.1, 0.15) is 18.2 Å². The Kier molecular flexibility index (Phi) is 2.48. The molecule has 0 aromatic carbocycles. The molecule has 0 unspecified atom stereocenters. The molecule has 2 N–H and O–H groups in total. The van der Waals surface area contributed by atoms with Crippen LogP contribution in [0, 0.1) is 6.92 Å². The summed E-state index contributed by atoms with van der Waals surface area (Å²) in [7, 11) is 0. The van der Waals surface area contributed by atoms with E-state index >= 15 is 0 Å². The molecule has 0 saturated carbocycles. The van der Waals surface area contributed by atoms with Gasteiger partial charge >= 0.3 is 0 Å². The van der Waals surface area contributed by atoms with Crippen LogP contribution < -0.4 is 10.6 Å². The molecule has 2 rings (SSSR count). The van der Waals surface area contributed by atoms with E-state index in [1.54, 1.807) is 6.20 Å². The van der Waals surface area contributed by atoms with Gasteiger partial charge in [-0.05, 0) is 31.7 Å². The third-order valence-electron chi connectivity index (χ3n) is 2.49. The smallest absolute Gasteiger partial charge is 0.259 e. The molecule has 0 spiro atoms. The van der Waals surface area contributed by atoms with Gasteiger partial charge in [-0.15, -0.1) is 0 Å². The van der Waals surface area contributed by atoms with Crippen LogP contribution in [0.15, 0.2) is 30.6 Å². The first-order chi connectivity index (χ1) is 7.63. The molecular formula is C12H13N3O. The Labute approximate surface area is 94.1 Å². The number of nitrogens with zero attached hydrogens (tertiary/aromatic N) is 1. The fraction of sp³-hybridized carbons (Fsp3) is 0.167. The van der Waals surface area contributed by atoms with E-state index in [1.165, 1.54) is 0 Å². The fourth-order valence-corrected chi connectivity index (χ4v) is 1.62. The van der Waals surface area contributed by atoms with Crippen LogP contribution in [-0.4, -0.2) is 10.9 Å². The van der Waals surface area contributed by atoms with Crippen LogP contribution in [0.25, 0.3) is 5.57 Å². The number of aromatic nitrogens is 1. The van der Waals surface area contributed by atoms with Gasteiger partial charge < -0.3 is 10.6 Å². The minimum atomic E-state index is -0.0709. The summed E-state index contributed by atoms with van der Waals surface area (Å²) in [5.41, 5.74) is 3.23. The summed E-state index contributed by atoms with van der Waals surface area (Å²) < 4.78 is 0. The number of pyridine rings is 1. The number of hydrogen-bond acceptors (Lipinski definition) is 3. The highest BCUT2D eigenvalue weighted by atomic mass is 16.2. The first-order valence-corrected chi connectivity index (χ1v) is 5.01. The second kappa shape index (κ2) is 3.81. The van der Waals surface area contributed by atoms with Crippen LogP contribution >= 0.6 is 0 Å². The summed E-state index contributed by atoms with van der Waals surface area (Å²) in [6.45, 7) is 7.40. The van der Waals surface area contributed by atoms with Crippen LogP contribution in [0.3, 0.4) is 0 Å². The number of hydrogen-bond donors (Lipinski definition) is 2. The molecule has 1 aliphatic rings. The van der Waals surface area contributed by atoms with Gasteiger partial charge in [-0.25, -0.2) is 4.98 Å². The lowest BCUT2D eigenvalue weighted by molar-refractivity contribution is -0.116. The molecule has 16 heavy (non-hydrogen) atoms. The lowest BCUT2D eigenvalue weighted by atomic mass is 10.0. The quantitative estimate of drug-likeness (QED) is 0.808. The normalized spacial score (nSPS) is 14.2. The molecule has 0 bridgehead atoms. The Bertz CT molecular complexity index is 503. The number of aryl methyl sites for hydroxylation is 1. The van der Waals surface area contributed by atoms with Crippen molar-refractivity contribution in [3.63, 3.8) is 0 Å². The predicted molar refractivity (Wildman–Crippen MR) is 63.5 cm³/mol. The summed E-state index contributed by atoms with van der Waals surface area (Å²) in [6.07, 6.45) is 1.57. The number of allylic oxidation sites excluding steroid dienone is 1. The Balaban J connectivity index is 2.44. The molecule has 0 atom stereocenters. The minimum absolute atomic E-state index is 0.0709. The van der Waals surface area contributed by atoms with Crippen molar-refractivity contribution in [1.82, 2.24) is 10.3 Å². The molecule has 1 aromatic rings. The van der Waals surface area contributed by atoms with E-state index in [0.29, 0.717) is 11.3 Å². The molecule has 0 saturated heterocycles. The zero-order valence-corrected chi connectivity index (χ0v) is 9.29. The van der Waals surface area contributed by atoms with Gasteiger partial charge in [-0.3, -0.25) is 4.79 Å². The standard InChI is InChI=1S/C12H13N3O/c1-4-13-11-7(2)5-6-9(15-11)10-8(3)14-12(10)16/h4-6H,1H2,2-3H3,(H,13,15)(H,14,16). The van der Waals surface area contributed by atoms with Gasteiger partial charge in [-0.1, -0.05) is 12.6 Å². The van der Waals surface area contributed by atoms with Gasteiger partial charge in [0.1, 0.15) is 5.82 Å². The monoisotopic (exact) mass is 215 g/mol. The third kappa shape index (κ3) is 1.58. The highest BCUT2D eigenvalue weighted by Crippen LogP contribution is 2.25. The highest BCUT2D eigenvalue weighted by Gasteiger charge is 2.26. The summed E-state index contributed by atoms with van der Waals surface area (Å²) in [5, 5.41) is 5.63. The summed E-state index contributed by atoms with van der Waals surface area (Å²) in [4.78, 5) is 15.7. The van der Waals surface area contributed by atoms with E-state index in [-0.39, 0.29) is 5.91 Å². The average molecular weight is 215 g/mol. The maximum absolute atomic E-state index is 11.3. The van der Waals surface area contributed by atoms with Gasteiger partial charge in [0.25, 0.3) is 5.91 Å². The van der Waals surface area contributed by atoms with Crippen molar-refractivity contribution in [2.24, 2.45) is 0 Å². The van der Waals surface area contributed by atoms with Crippen molar-refractivity contribution in [1.29, 1.82) is 0 Å². The second-order valence-corrected chi connectivity index (χ2v) is 3.66. The maximum Gasteiger partial charge on any atom is 0.259 e. The molecule has 0 fully saturated rings. The number of carbonyl (C=O) groups is 1. The Hall–Kier alpha value is -2.10. The maximum atomic E-state index is 11.3. The fourth-order valence-electron chi connectivity index (χ4n) is 1.62. The molecule has 0 radical (unpaired) electrons. The van der Waals surface area contributed by atoms with Gasteiger partial charge in [0.2, 0.25) is 0 Å². The summed E-state index contributed by atoms with van der Waals surface area (Å²) >= 11 is 0. The van der Waals surface area contributed by atoms with Crippen molar-refractivity contribution in [2.45, 2.75) is 13.8 Å². The van der Waals surface area contributed by atoms with Gasteiger partial charge in [0.05, 0.1) is 11.3 Å². The number of rotatable bonds is 3. The Morgan fingerprint density at radius 1 is 1.44 bits per heavy atom. The lowest BCUT2D eigenvalue weighted by Crippen LogP contribution is -2.34. The highest BCUT2D eigenvalue weighted by molar-refractivity contribution is 6.26. The van der Waals surface area contributed by atoms with Gasteiger partial charge in [0.15, 0.2) is 0 Å². The SMILES string of the molecule is C=CNc1nc(C2=C(C)NC2=O)ccc1C. The molecule has 4 nitrogen and oxygen atoms in total. The third-order valence-corrected chi connectivity index (χ3v) is 2.49. The van der Waals surface area contributed by atoms with E-state index in [9.17, 15) is 4.79 Å². The van der Waals surface area contributed by atoms with E-state index < -0.39 is 0 Å². The van der Waals surface area contributed by atoms with Crippen LogP contribution in [0.2, 0.25) is 0 Å². The van der Waals surface area contributed by atoms with Crippen LogP contribution in [0.4, 0.5) is 5.82 Å². The zero-order chi connectivity index (χ0) is 11.7. The van der Waals surface area contributed by atoms with Crippen molar-refractivity contribution in [3.05, 3.63) is 41.9 Å². The van der Waals surface area contributed by atoms with E-state index in [1.807, 2.05) is 26.0 Å². The number of anilines is 1. The number of nitrogens with one attached hydrogen (secondary N) is 2. The first-order valence-electron chi connectivity index (χ1n) is 5.01. The second-order valence-electron chi connectivity index (χ2n) is 3.66. The molecule has 1 aliphatic heterocycles. The van der Waals surface area contributed by atoms with Crippen LogP contribution in [-0.2, 0) is 4.79 Å². The van der Waals surface area contributed by atoms with Crippen molar-refractivity contribution < 1.29 is 4.79 Å². The largest absolute Gasteiger partial charge is 0.347 e. The van der Waals surface area contributed by atoms with Crippen LogP contribution in [0.5, 0.6) is 0 Å². The topological polar surface area (TPSA) is 54.0 Å². The first kappa shape index (κ1) is 10.4. The average Bonchev–Trinajstić information content (AvgIpc) is 2.23. The molecular weight excluding hydrogens is 202 g/mol. The van der Waals surface area contributed by atoms with Crippen molar-refractivity contribution in [2.75, 3.05) is 5.32 Å². The molecule has 82 valence electrons. The zero-order valence-electron chi connectivity index (χ0n) is 9.29. The molecule has 2 heterocycles. The number of carbonyl (C=O) groups excluding carboxylic acids is 1. The number of amides is 1. The lowest BCUT2D eigenvalue weighted by Gasteiger charge is -2.21. The predicted octanol–water partition coefficient (Wildman–Crippen LogP) is 1.81. The Morgan fingerprint density at radius 3 is 2.75 bits per heavy atom. The van der Waals surface area contributed by atoms with Gasteiger partial charge in [-0.2, -0.15) is 0 Å². The van der Waals surface area contributed by atoms with Crippen molar-refractivity contribution >= 4 is 17.3 Å². The van der Waals surface area contributed by atoms with E-state index in [4.69, 9.17) is 0 Å². The van der Waals surface area contributed by atoms with Crippen molar-refractivity contribution in [3.8, 4) is 0 Å². The molecule has 4 heteroatoms. The Morgan fingerprint density at radius 2 is 2.19 bits per heavy atom. The molecule has 1 amide bonds. The molecule has 1 aromatic heterocycles. The summed E-state index contributed by atoms with van der Waals surface area (Å²) in [5.74, 6) is 0.658. The summed E-state index contributed by atoms with van der Waals surface area (Å²) in [6, 6.07) is 3.78.